The Hall–Kier alpha value is -3.81. The Labute approximate surface area is 205 Å². The van der Waals surface area contributed by atoms with Crippen molar-refractivity contribution in [3.63, 3.8) is 0 Å². The first-order chi connectivity index (χ1) is 16.9. The van der Waals surface area contributed by atoms with Crippen LogP contribution in [0, 0.1) is 24.0 Å². The lowest BCUT2D eigenvalue weighted by Gasteiger charge is -2.26. The van der Waals surface area contributed by atoms with Gasteiger partial charge in [-0.05, 0) is 38.3 Å². The molecule has 0 radical (unpaired) electrons. The molecule has 8 nitrogen and oxygen atoms in total. The van der Waals surface area contributed by atoms with E-state index in [2.05, 4.69) is 43.0 Å². The molecule has 8 heteroatoms. The van der Waals surface area contributed by atoms with Crippen LogP contribution in [0.5, 0.6) is 0 Å². The Morgan fingerprint density at radius 1 is 1.03 bits per heavy atom. The topological polar surface area (TPSA) is 92.5 Å². The molecule has 1 aliphatic rings. The van der Waals surface area contributed by atoms with Crippen molar-refractivity contribution in [1.29, 1.82) is 0 Å². The largest absolute Gasteiger partial charge is 0.354 e. The maximum atomic E-state index is 13.1. The highest BCUT2D eigenvalue weighted by atomic mass is 16.6. The molecule has 1 aromatic heterocycles. The zero-order chi connectivity index (χ0) is 24.9. The number of anilines is 1. The van der Waals surface area contributed by atoms with Crippen LogP contribution in [-0.4, -0.2) is 51.9 Å². The van der Waals surface area contributed by atoms with Gasteiger partial charge in [0, 0.05) is 61.6 Å². The van der Waals surface area contributed by atoms with Crippen LogP contribution in [0.2, 0.25) is 0 Å². The van der Waals surface area contributed by atoms with Gasteiger partial charge in [-0.3, -0.25) is 14.9 Å². The number of nitrogens with zero attached hydrogens (tertiary/aromatic N) is 5. The van der Waals surface area contributed by atoms with Crippen molar-refractivity contribution in [3.8, 4) is 0 Å². The Morgan fingerprint density at radius 2 is 1.80 bits per heavy atom. The molecule has 1 saturated heterocycles. The maximum Gasteiger partial charge on any atom is 0.270 e. The van der Waals surface area contributed by atoms with Crippen molar-refractivity contribution in [3.05, 3.63) is 92.4 Å². The van der Waals surface area contributed by atoms with E-state index in [0.29, 0.717) is 25.2 Å². The van der Waals surface area contributed by atoms with E-state index in [-0.39, 0.29) is 11.6 Å². The van der Waals surface area contributed by atoms with Crippen molar-refractivity contribution in [1.82, 2.24) is 14.9 Å². The third-order valence-electron chi connectivity index (χ3n) is 6.41. The van der Waals surface area contributed by atoms with E-state index in [4.69, 9.17) is 9.97 Å². The molecule has 3 aromatic rings. The lowest BCUT2D eigenvalue weighted by molar-refractivity contribution is -0.384. The molecule has 0 spiro atoms. The normalized spacial score (nSPS) is 14.0. The highest BCUT2D eigenvalue weighted by molar-refractivity contribution is 5.94. The van der Waals surface area contributed by atoms with Crippen LogP contribution in [0.3, 0.4) is 0 Å². The van der Waals surface area contributed by atoms with E-state index < -0.39 is 4.92 Å². The van der Waals surface area contributed by atoms with E-state index >= 15 is 0 Å². The van der Waals surface area contributed by atoms with Gasteiger partial charge in [-0.1, -0.05) is 42.8 Å². The monoisotopic (exact) mass is 473 g/mol. The van der Waals surface area contributed by atoms with Gasteiger partial charge in [0.25, 0.3) is 11.6 Å². The molecule has 1 aliphatic heterocycles. The van der Waals surface area contributed by atoms with Gasteiger partial charge in [0.2, 0.25) is 0 Å². The summed E-state index contributed by atoms with van der Waals surface area (Å²) in [5.41, 5.74) is 4.92. The van der Waals surface area contributed by atoms with Gasteiger partial charge in [0.15, 0.2) is 0 Å². The smallest absolute Gasteiger partial charge is 0.270 e. The van der Waals surface area contributed by atoms with Crippen LogP contribution in [0.1, 0.15) is 51.9 Å². The summed E-state index contributed by atoms with van der Waals surface area (Å²) in [5, 5.41) is 11.1. The SMILES string of the molecule is CCc1nc(C)nc(N2CCCN(C(=O)c3cccc([N+](=O)[O-])c3)CC2)c1Cc1ccc(C)cc1. The number of amides is 1. The molecule has 35 heavy (non-hydrogen) atoms. The van der Waals surface area contributed by atoms with Crippen molar-refractivity contribution in [2.45, 2.75) is 40.0 Å². The van der Waals surface area contributed by atoms with Crippen molar-refractivity contribution < 1.29 is 9.72 Å². The molecule has 1 amide bonds. The molecule has 182 valence electrons. The second kappa shape index (κ2) is 10.6. The number of hydrogen-bond donors (Lipinski definition) is 0. The van der Waals surface area contributed by atoms with Crippen LogP contribution >= 0.6 is 0 Å². The van der Waals surface area contributed by atoms with E-state index in [1.807, 2.05) is 6.92 Å². The molecule has 0 atom stereocenters. The lowest BCUT2D eigenvalue weighted by atomic mass is 10.0. The first-order valence-corrected chi connectivity index (χ1v) is 12.1. The molecule has 4 rings (SSSR count). The number of carbonyl (C=O) groups is 1. The van der Waals surface area contributed by atoms with Crippen molar-refractivity contribution >= 4 is 17.4 Å². The molecule has 0 bridgehead atoms. The second-order valence-corrected chi connectivity index (χ2v) is 8.98. The molecule has 2 heterocycles. The molecule has 0 unspecified atom stereocenters. The highest BCUT2D eigenvalue weighted by Crippen LogP contribution is 2.26. The number of nitro benzene ring substituents is 1. The van der Waals surface area contributed by atoms with Gasteiger partial charge < -0.3 is 9.80 Å². The van der Waals surface area contributed by atoms with Gasteiger partial charge in [0.1, 0.15) is 11.6 Å². The Balaban J connectivity index is 1.57. The van der Waals surface area contributed by atoms with Gasteiger partial charge in [-0.15, -0.1) is 0 Å². The van der Waals surface area contributed by atoms with Crippen molar-refractivity contribution in [2.24, 2.45) is 0 Å². The summed E-state index contributed by atoms with van der Waals surface area (Å²) in [6.07, 6.45) is 2.36. The molecule has 1 fully saturated rings. The lowest BCUT2D eigenvalue weighted by Crippen LogP contribution is -2.35. The van der Waals surface area contributed by atoms with Gasteiger partial charge >= 0.3 is 0 Å². The third-order valence-corrected chi connectivity index (χ3v) is 6.41. The number of rotatable bonds is 6. The predicted molar refractivity (Wildman–Crippen MR) is 136 cm³/mol. The van der Waals surface area contributed by atoms with Gasteiger partial charge in [0.05, 0.1) is 4.92 Å². The fourth-order valence-electron chi connectivity index (χ4n) is 4.55. The quantitative estimate of drug-likeness (QED) is 0.386. The van der Waals surface area contributed by atoms with E-state index in [1.54, 1.807) is 17.0 Å². The summed E-state index contributed by atoms with van der Waals surface area (Å²) in [5.74, 6) is 1.52. The summed E-state index contributed by atoms with van der Waals surface area (Å²) in [6.45, 7) is 8.66. The Bertz CT molecular complexity index is 1230. The Kier molecular flexibility index (Phi) is 7.39. The summed E-state index contributed by atoms with van der Waals surface area (Å²) >= 11 is 0. The minimum Gasteiger partial charge on any atom is -0.354 e. The molecular formula is C27H31N5O3. The first-order valence-electron chi connectivity index (χ1n) is 12.1. The van der Waals surface area contributed by atoms with Crippen LogP contribution < -0.4 is 4.90 Å². The number of nitro groups is 1. The van der Waals surface area contributed by atoms with E-state index in [1.165, 1.54) is 23.3 Å². The average Bonchev–Trinajstić information content (AvgIpc) is 3.12. The highest BCUT2D eigenvalue weighted by Gasteiger charge is 2.25. The molecule has 2 aromatic carbocycles. The maximum absolute atomic E-state index is 13.1. The average molecular weight is 474 g/mol. The van der Waals surface area contributed by atoms with Crippen LogP contribution in [-0.2, 0) is 12.8 Å². The standard InChI is InChI=1S/C27H31N5O3/c1-4-25-24(17-21-11-9-19(2)10-12-21)26(29-20(3)28-25)30-13-6-14-31(16-15-30)27(33)22-7-5-8-23(18-22)32(34)35/h5,7-12,18H,4,6,13-17H2,1-3H3. The molecule has 0 aliphatic carbocycles. The zero-order valence-electron chi connectivity index (χ0n) is 20.5. The summed E-state index contributed by atoms with van der Waals surface area (Å²) in [7, 11) is 0. The summed E-state index contributed by atoms with van der Waals surface area (Å²) in [6, 6.07) is 14.5. The number of aryl methyl sites for hydroxylation is 3. The van der Waals surface area contributed by atoms with Crippen LogP contribution in [0.25, 0.3) is 0 Å². The molecule has 0 N–H and O–H groups in total. The Morgan fingerprint density at radius 3 is 2.51 bits per heavy atom. The predicted octanol–water partition coefficient (Wildman–Crippen LogP) is 4.51. The number of aromatic nitrogens is 2. The fraction of sp³-hybridized carbons (Fsp3) is 0.370. The number of hydrogen-bond acceptors (Lipinski definition) is 6. The minimum absolute atomic E-state index is 0.0726. The molecular weight excluding hydrogens is 442 g/mol. The number of benzene rings is 2. The van der Waals surface area contributed by atoms with Crippen molar-refractivity contribution in [2.75, 3.05) is 31.1 Å². The minimum atomic E-state index is -0.473. The second-order valence-electron chi connectivity index (χ2n) is 8.98. The molecule has 0 saturated carbocycles. The summed E-state index contributed by atoms with van der Waals surface area (Å²) < 4.78 is 0. The number of non-ortho nitro benzene ring substituents is 1. The van der Waals surface area contributed by atoms with Gasteiger partial charge in [-0.2, -0.15) is 0 Å². The number of carbonyl (C=O) groups excluding carboxylic acids is 1. The fourth-order valence-corrected chi connectivity index (χ4v) is 4.55. The third kappa shape index (κ3) is 5.65. The van der Waals surface area contributed by atoms with E-state index in [9.17, 15) is 14.9 Å². The van der Waals surface area contributed by atoms with Crippen LogP contribution in [0.15, 0.2) is 48.5 Å². The van der Waals surface area contributed by atoms with Crippen LogP contribution in [0.4, 0.5) is 11.5 Å². The summed E-state index contributed by atoms with van der Waals surface area (Å²) in [4.78, 5) is 37.4. The first kappa shape index (κ1) is 24.3. The zero-order valence-corrected chi connectivity index (χ0v) is 20.5. The van der Waals surface area contributed by atoms with E-state index in [0.717, 1.165) is 48.7 Å². The van der Waals surface area contributed by atoms with Gasteiger partial charge in [-0.25, -0.2) is 9.97 Å².